The van der Waals surface area contributed by atoms with Gasteiger partial charge in [-0.2, -0.15) is 0 Å². The predicted molar refractivity (Wildman–Crippen MR) is 86.4 cm³/mol. The number of H-pyrrole nitrogens is 1. The molecule has 1 aromatic carbocycles. The van der Waals surface area contributed by atoms with Crippen LogP contribution >= 0.6 is 0 Å². The largest absolute Gasteiger partial charge is 0.480 e. The molecule has 8 nitrogen and oxygen atoms in total. The first-order valence-corrected chi connectivity index (χ1v) is 7.12. The van der Waals surface area contributed by atoms with Gasteiger partial charge in [-0.3, -0.25) is 4.79 Å². The molecule has 0 bridgehead atoms. The number of carbonyl (C=O) groups is 2. The Bertz CT molecular complexity index is 840. The number of rotatable bonds is 6. The van der Waals surface area contributed by atoms with Crippen molar-refractivity contribution >= 4 is 28.7 Å². The van der Waals surface area contributed by atoms with Gasteiger partial charge in [0.2, 0.25) is 5.91 Å². The Balaban J connectivity index is 1.64. The fraction of sp³-hybridized carbons (Fsp3) is 0.125. The molecule has 0 unspecified atom stereocenters. The number of carbonyl (C=O) groups excluding carboxylic acids is 1. The van der Waals surface area contributed by atoms with Gasteiger partial charge in [0.05, 0.1) is 5.52 Å². The minimum absolute atomic E-state index is 0.316. The molecule has 8 heteroatoms. The Morgan fingerprint density at radius 1 is 1.17 bits per heavy atom. The van der Waals surface area contributed by atoms with Crippen molar-refractivity contribution in [3.05, 3.63) is 42.6 Å². The van der Waals surface area contributed by atoms with Crippen LogP contribution in [0.25, 0.3) is 22.6 Å². The monoisotopic (exact) mass is 326 g/mol. The standard InChI is InChI=1S/C16H14N4O4/c21-13(8-24-9-14(22)23)18-11-5-3-10(4-6-11)15-19-12-2-1-7-17-16(12)20-15/h1-7H,8-9H2,(H,18,21)(H,22,23)(H,17,19,20). The lowest BCUT2D eigenvalue weighted by Crippen LogP contribution is -2.20. The first-order valence-electron chi connectivity index (χ1n) is 7.12. The number of hydrogen-bond donors (Lipinski definition) is 3. The third-order valence-electron chi connectivity index (χ3n) is 3.16. The van der Waals surface area contributed by atoms with Gasteiger partial charge in [0.15, 0.2) is 5.65 Å². The molecule has 3 aromatic rings. The van der Waals surface area contributed by atoms with Crippen molar-refractivity contribution < 1.29 is 19.4 Å². The van der Waals surface area contributed by atoms with Crippen molar-refractivity contribution in [2.24, 2.45) is 0 Å². The maximum Gasteiger partial charge on any atom is 0.329 e. The van der Waals surface area contributed by atoms with Gasteiger partial charge in [0.25, 0.3) is 0 Å². The number of nitrogens with one attached hydrogen (secondary N) is 2. The van der Waals surface area contributed by atoms with Crippen LogP contribution in [0.5, 0.6) is 0 Å². The topological polar surface area (TPSA) is 117 Å². The van der Waals surface area contributed by atoms with Crippen LogP contribution in [0.4, 0.5) is 5.69 Å². The fourth-order valence-corrected chi connectivity index (χ4v) is 2.12. The van der Waals surface area contributed by atoms with Crippen molar-refractivity contribution in [3.8, 4) is 11.4 Å². The number of amides is 1. The minimum Gasteiger partial charge on any atom is -0.480 e. The Hall–Kier alpha value is -3.26. The highest BCUT2D eigenvalue weighted by molar-refractivity contribution is 5.92. The van der Waals surface area contributed by atoms with Crippen molar-refractivity contribution in [3.63, 3.8) is 0 Å². The molecule has 2 aromatic heterocycles. The molecule has 0 atom stereocenters. The minimum atomic E-state index is -1.12. The third-order valence-corrected chi connectivity index (χ3v) is 3.16. The van der Waals surface area contributed by atoms with E-state index in [-0.39, 0.29) is 6.61 Å². The summed E-state index contributed by atoms with van der Waals surface area (Å²) in [6.45, 7) is -0.824. The fourth-order valence-electron chi connectivity index (χ4n) is 2.12. The molecule has 24 heavy (non-hydrogen) atoms. The maximum atomic E-state index is 11.6. The summed E-state index contributed by atoms with van der Waals surface area (Å²) in [6.07, 6.45) is 1.68. The SMILES string of the molecule is O=C(O)COCC(=O)Nc1ccc(-c2nc3ncccc3[nH]2)cc1. The number of imidazole rings is 1. The predicted octanol–water partition coefficient (Wildman–Crippen LogP) is 1.66. The number of hydrogen-bond acceptors (Lipinski definition) is 5. The number of pyridine rings is 1. The van der Waals surface area contributed by atoms with E-state index in [0.29, 0.717) is 17.2 Å². The molecule has 0 radical (unpaired) electrons. The van der Waals surface area contributed by atoms with Gasteiger partial charge in [0.1, 0.15) is 19.0 Å². The number of benzene rings is 1. The number of aromatic amines is 1. The summed E-state index contributed by atoms with van der Waals surface area (Å²) in [4.78, 5) is 33.7. The van der Waals surface area contributed by atoms with Crippen LogP contribution in [-0.2, 0) is 14.3 Å². The molecular weight excluding hydrogens is 312 g/mol. The van der Waals surface area contributed by atoms with Crippen molar-refractivity contribution in [1.82, 2.24) is 15.0 Å². The van der Waals surface area contributed by atoms with E-state index in [4.69, 9.17) is 9.84 Å². The highest BCUT2D eigenvalue weighted by atomic mass is 16.5. The van der Waals surface area contributed by atoms with E-state index in [1.54, 1.807) is 18.3 Å². The molecule has 0 spiro atoms. The summed E-state index contributed by atoms with van der Waals surface area (Å²) >= 11 is 0. The van der Waals surface area contributed by atoms with Crippen LogP contribution in [0.2, 0.25) is 0 Å². The molecule has 0 saturated carbocycles. The van der Waals surface area contributed by atoms with E-state index in [1.165, 1.54) is 0 Å². The molecule has 1 amide bonds. The lowest BCUT2D eigenvalue weighted by molar-refractivity contribution is -0.143. The average molecular weight is 326 g/mol. The van der Waals surface area contributed by atoms with Gasteiger partial charge >= 0.3 is 5.97 Å². The number of fused-ring (bicyclic) bond motifs is 1. The molecule has 0 fully saturated rings. The number of carboxylic acids is 1. The van der Waals surface area contributed by atoms with Crippen LogP contribution in [0.3, 0.4) is 0 Å². The van der Waals surface area contributed by atoms with E-state index in [1.807, 2.05) is 24.3 Å². The van der Waals surface area contributed by atoms with E-state index >= 15 is 0 Å². The van der Waals surface area contributed by atoms with Crippen LogP contribution in [-0.4, -0.2) is 45.1 Å². The lowest BCUT2D eigenvalue weighted by atomic mass is 10.2. The summed E-state index contributed by atoms with van der Waals surface area (Å²) < 4.78 is 4.72. The van der Waals surface area contributed by atoms with Gasteiger partial charge < -0.3 is 20.1 Å². The molecule has 3 N–H and O–H groups in total. The van der Waals surface area contributed by atoms with E-state index in [2.05, 4.69) is 20.3 Å². The highest BCUT2D eigenvalue weighted by Gasteiger charge is 2.07. The second-order valence-corrected chi connectivity index (χ2v) is 4.97. The lowest BCUT2D eigenvalue weighted by Gasteiger charge is -2.05. The van der Waals surface area contributed by atoms with Crippen LogP contribution in [0, 0.1) is 0 Å². The van der Waals surface area contributed by atoms with E-state index in [9.17, 15) is 9.59 Å². The molecule has 2 heterocycles. The van der Waals surface area contributed by atoms with Crippen LogP contribution in [0.15, 0.2) is 42.6 Å². The second-order valence-electron chi connectivity index (χ2n) is 4.97. The Morgan fingerprint density at radius 2 is 1.96 bits per heavy atom. The van der Waals surface area contributed by atoms with Gasteiger partial charge in [-0.15, -0.1) is 0 Å². The van der Waals surface area contributed by atoms with Crippen molar-refractivity contribution in [1.29, 1.82) is 0 Å². The van der Waals surface area contributed by atoms with Gasteiger partial charge in [-0.05, 0) is 36.4 Å². The number of aromatic nitrogens is 3. The van der Waals surface area contributed by atoms with E-state index in [0.717, 1.165) is 11.1 Å². The summed E-state index contributed by atoms with van der Waals surface area (Å²) in [5, 5.41) is 11.1. The number of anilines is 1. The summed E-state index contributed by atoms with van der Waals surface area (Å²) in [5.41, 5.74) is 2.92. The summed E-state index contributed by atoms with van der Waals surface area (Å²) in [7, 11) is 0. The molecular formula is C16H14N4O4. The summed E-state index contributed by atoms with van der Waals surface area (Å²) in [6, 6.07) is 10.8. The maximum absolute atomic E-state index is 11.6. The van der Waals surface area contributed by atoms with Crippen LogP contribution < -0.4 is 5.32 Å². The van der Waals surface area contributed by atoms with Gasteiger partial charge in [0, 0.05) is 17.4 Å². The Kier molecular flexibility index (Phi) is 4.48. The van der Waals surface area contributed by atoms with Gasteiger partial charge in [-0.1, -0.05) is 0 Å². The zero-order valence-corrected chi connectivity index (χ0v) is 12.5. The number of nitrogens with zero attached hydrogens (tertiary/aromatic N) is 2. The number of ether oxygens (including phenoxy) is 1. The van der Waals surface area contributed by atoms with E-state index < -0.39 is 18.5 Å². The van der Waals surface area contributed by atoms with Crippen molar-refractivity contribution in [2.75, 3.05) is 18.5 Å². The first kappa shape index (κ1) is 15.6. The summed E-state index contributed by atoms with van der Waals surface area (Å²) in [5.74, 6) is -0.851. The highest BCUT2D eigenvalue weighted by Crippen LogP contribution is 2.21. The molecule has 122 valence electrons. The van der Waals surface area contributed by atoms with Gasteiger partial charge in [-0.25, -0.2) is 14.8 Å². The smallest absolute Gasteiger partial charge is 0.329 e. The first-order chi connectivity index (χ1) is 11.6. The molecule has 3 rings (SSSR count). The van der Waals surface area contributed by atoms with Crippen molar-refractivity contribution in [2.45, 2.75) is 0 Å². The third kappa shape index (κ3) is 3.73. The second kappa shape index (κ2) is 6.88. The Morgan fingerprint density at radius 3 is 2.67 bits per heavy atom. The number of carboxylic acid groups (broad SMARTS) is 1. The zero-order chi connectivity index (χ0) is 16.9. The Labute approximate surface area is 136 Å². The number of aliphatic carboxylic acids is 1. The normalized spacial score (nSPS) is 10.7. The van der Waals surface area contributed by atoms with Crippen LogP contribution in [0.1, 0.15) is 0 Å². The molecule has 0 aliphatic carbocycles. The quantitative estimate of drug-likeness (QED) is 0.634. The average Bonchev–Trinajstić information content (AvgIpc) is 2.99. The molecule has 0 aliphatic rings. The molecule has 0 saturated heterocycles. The zero-order valence-electron chi connectivity index (χ0n) is 12.5. The molecule has 0 aliphatic heterocycles.